The molecule has 1 atom stereocenters. The van der Waals surface area contributed by atoms with E-state index in [9.17, 15) is 4.79 Å². The van der Waals surface area contributed by atoms with Crippen molar-refractivity contribution >= 4 is 6.09 Å². The average Bonchev–Trinajstić information content (AvgIpc) is 3.15. The van der Waals surface area contributed by atoms with Crippen molar-refractivity contribution in [2.45, 2.75) is 45.8 Å². The Morgan fingerprint density at radius 1 is 1.30 bits per heavy atom. The molecule has 7 heteroatoms. The van der Waals surface area contributed by atoms with Gasteiger partial charge in [-0.15, -0.1) is 0 Å². The second-order valence-electron chi connectivity index (χ2n) is 8.98. The largest absolute Gasteiger partial charge is 0.497 e. The normalized spacial score (nSPS) is 17.6. The number of carbonyl (C=O) groups excluding carboxylic acids is 1. The van der Waals surface area contributed by atoms with Crippen LogP contribution in [0, 0.1) is 5.92 Å². The summed E-state index contributed by atoms with van der Waals surface area (Å²) >= 11 is 0. The van der Waals surface area contributed by atoms with Gasteiger partial charge >= 0.3 is 6.09 Å². The van der Waals surface area contributed by atoms with Crippen molar-refractivity contribution in [3.63, 3.8) is 0 Å². The summed E-state index contributed by atoms with van der Waals surface area (Å²) in [7, 11) is 3.46. The smallest absolute Gasteiger partial charge is 0.410 e. The van der Waals surface area contributed by atoms with Crippen molar-refractivity contribution in [2.24, 2.45) is 5.92 Å². The maximum absolute atomic E-state index is 12.2. The monoisotopic (exact) mass is 415 g/mol. The van der Waals surface area contributed by atoms with Gasteiger partial charge in [0.1, 0.15) is 17.6 Å². The van der Waals surface area contributed by atoms with E-state index in [0.717, 1.165) is 49.5 Å². The summed E-state index contributed by atoms with van der Waals surface area (Å²) in [5.41, 5.74) is 1.37. The van der Waals surface area contributed by atoms with Crippen molar-refractivity contribution in [1.29, 1.82) is 0 Å². The lowest BCUT2D eigenvalue weighted by molar-refractivity contribution is 0.0241. The summed E-state index contributed by atoms with van der Waals surface area (Å²) in [6.45, 7) is 9.06. The number of ether oxygens (including phenoxy) is 2. The fourth-order valence-electron chi connectivity index (χ4n) is 3.72. The molecular weight excluding hydrogens is 382 g/mol. The zero-order chi connectivity index (χ0) is 21.7. The SMILES string of the molecule is COc1ccc(-c2nc(CN3CCCC(CN(C)C(=O)OC(C)(C)C)C3)co2)cc1. The number of oxazole rings is 1. The number of benzene rings is 1. The minimum Gasteiger partial charge on any atom is -0.497 e. The lowest BCUT2D eigenvalue weighted by Crippen LogP contribution is -2.42. The van der Waals surface area contributed by atoms with Gasteiger partial charge in [-0.1, -0.05) is 0 Å². The molecule has 2 heterocycles. The topological polar surface area (TPSA) is 68.0 Å². The Labute approximate surface area is 179 Å². The van der Waals surface area contributed by atoms with Crippen LogP contribution in [0.15, 0.2) is 34.9 Å². The van der Waals surface area contributed by atoms with Crippen molar-refractivity contribution < 1.29 is 18.7 Å². The van der Waals surface area contributed by atoms with E-state index in [1.807, 2.05) is 52.1 Å². The summed E-state index contributed by atoms with van der Waals surface area (Å²) in [4.78, 5) is 21.0. The first-order valence-corrected chi connectivity index (χ1v) is 10.5. The first-order valence-electron chi connectivity index (χ1n) is 10.5. The Morgan fingerprint density at radius 3 is 2.70 bits per heavy atom. The molecule has 0 bridgehead atoms. The number of nitrogens with zero attached hydrogens (tertiary/aromatic N) is 3. The molecule has 1 aromatic carbocycles. The summed E-state index contributed by atoms with van der Waals surface area (Å²) in [6.07, 6.45) is 3.69. The number of likely N-dealkylation sites (tertiary alicyclic amines) is 1. The lowest BCUT2D eigenvalue weighted by atomic mass is 9.97. The van der Waals surface area contributed by atoms with Crippen molar-refractivity contribution in [3.8, 4) is 17.2 Å². The first kappa shape index (κ1) is 22.2. The van der Waals surface area contributed by atoms with E-state index >= 15 is 0 Å². The molecule has 1 amide bonds. The van der Waals surface area contributed by atoms with Crippen molar-refractivity contribution in [3.05, 3.63) is 36.2 Å². The predicted molar refractivity (Wildman–Crippen MR) is 115 cm³/mol. The minimum absolute atomic E-state index is 0.264. The van der Waals surface area contributed by atoms with Gasteiger partial charge in [-0.25, -0.2) is 9.78 Å². The van der Waals surface area contributed by atoms with Crippen LogP contribution >= 0.6 is 0 Å². The quantitative estimate of drug-likeness (QED) is 0.695. The second-order valence-corrected chi connectivity index (χ2v) is 8.98. The Kier molecular flexibility index (Phi) is 7.02. The van der Waals surface area contributed by atoms with E-state index in [1.165, 1.54) is 0 Å². The molecule has 1 aliphatic heterocycles. The molecule has 2 aromatic rings. The fourth-order valence-corrected chi connectivity index (χ4v) is 3.72. The van der Waals surface area contributed by atoms with E-state index in [0.29, 0.717) is 18.4 Å². The molecule has 1 saturated heterocycles. The maximum atomic E-state index is 12.2. The molecule has 1 fully saturated rings. The fraction of sp³-hybridized carbons (Fsp3) is 0.565. The van der Waals surface area contributed by atoms with Crippen molar-refractivity contribution in [1.82, 2.24) is 14.8 Å². The first-order chi connectivity index (χ1) is 14.2. The number of methoxy groups -OCH3 is 1. The Hall–Kier alpha value is -2.54. The van der Waals surface area contributed by atoms with Gasteiger partial charge < -0.3 is 18.8 Å². The molecule has 0 spiro atoms. The number of amides is 1. The van der Waals surface area contributed by atoms with Gasteiger partial charge in [0.15, 0.2) is 0 Å². The van der Waals surface area contributed by atoms with E-state index < -0.39 is 5.60 Å². The summed E-state index contributed by atoms with van der Waals surface area (Å²) in [6, 6.07) is 7.68. The number of hydrogen-bond acceptors (Lipinski definition) is 6. The van der Waals surface area contributed by atoms with Crippen LogP contribution in [0.5, 0.6) is 5.75 Å². The third-order valence-electron chi connectivity index (χ3n) is 5.11. The molecule has 1 aromatic heterocycles. The van der Waals surface area contributed by atoms with Gasteiger partial charge in [0.2, 0.25) is 5.89 Å². The van der Waals surface area contributed by atoms with Crippen LogP contribution in [-0.4, -0.2) is 60.3 Å². The van der Waals surface area contributed by atoms with E-state index in [2.05, 4.69) is 9.88 Å². The van der Waals surface area contributed by atoms with Gasteiger partial charge in [-0.2, -0.15) is 0 Å². The van der Waals surface area contributed by atoms with Crippen LogP contribution < -0.4 is 4.74 Å². The molecule has 3 rings (SSSR count). The van der Waals surface area contributed by atoms with Crippen LogP contribution in [0.1, 0.15) is 39.3 Å². The molecule has 0 saturated carbocycles. The van der Waals surface area contributed by atoms with Crippen LogP contribution in [-0.2, 0) is 11.3 Å². The lowest BCUT2D eigenvalue weighted by Gasteiger charge is -2.34. The highest BCUT2D eigenvalue weighted by Crippen LogP contribution is 2.24. The highest BCUT2D eigenvalue weighted by Gasteiger charge is 2.26. The molecule has 1 aliphatic rings. The highest BCUT2D eigenvalue weighted by molar-refractivity contribution is 5.67. The Balaban J connectivity index is 1.53. The molecule has 164 valence electrons. The highest BCUT2D eigenvalue weighted by atomic mass is 16.6. The third kappa shape index (κ3) is 6.23. The van der Waals surface area contributed by atoms with Crippen LogP contribution in [0.3, 0.4) is 0 Å². The molecule has 30 heavy (non-hydrogen) atoms. The maximum Gasteiger partial charge on any atom is 0.410 e. The standard InChI is InChI=1S/C23H33N3O4/c1-23(2,3)30-22(27)25(4)13-17-7-6-12-26(14-17)15-19-16-29-21(24-19)18-8-10-20(28-5)11-9-18/h8-11,16-17H,6-7,12-15H2,1-5H3. The predicted octanol–water partition coefficient (Wildman–Crippen LogP) is 4.43. The Bertz CT molecular complexity index is 826. The summed E-state index contributed by atoms with van der Waals surface area (Å²) in [5, 5.41) is 0. The van der Waals surface area contributed by atoms with Gasteiger partial charge in [0.05, 0.1) is 12.8 Å². The number of hydrogen-bond donors (Lipinski definition) is 0. The molecule has 0 N–H and O–H groups in total. The van der Waals surface area contributed by atoms with Crippen LogP contribution in [0.4, 0.5) is 4.79 Å². The van der Waals surface area contributed by atoms with Crippen LogP contribution in [0.2, 0.25) is 0 Å². The Morgan fingerprint density at radius 2 is 2.03 bits per heavy atom. The summed E-state index contributed by atoms with van der Waals surface area (Å²) < 4.78 is 16.3. The third-order valence-corrected chi connectivity index (χ3v) is 5.11. The number of piperidine rings is 1. The molecule has 0 aliphatic carbocycles. The average molecular weight is 416 g/mol. The minimum atomic E-state index is -0.474. The van der Waals surface area contributed by atoms with Gasteiger partial charge in [-0.3, -0.25) is 4.90 Å². The van der Waals surface area contributed by atoms with Gasteiger partial charge in [0.25, 0.3) is 0 Å². The number of carbonyl (C=O) groups is 1. The number of rotatable bonds is 6. The zero-order valence-corrected chi connectivity index (χ0v) is 18.7. The second kappa shape index (κ2) is 9.51. The summed E-state index contributed by atoms with van der Waals surface area (Å²) in [5.74, 6) is 1.84. The van der Waals surface area contributed by atoms with E-state index in [4.69, 9.17) is 13.9 Å². The van der Waals surface area contributed by atoms with Crippen LogP contribution in [0.25, 0.3) is 11.5 Å². The zero-order valence-electron chi connectivity index (χ0n) is 18.7. The molecule has 1 unspecified atom stereocenters. The molecule has 0 radical (unpaired) electrons. The van der Waals surface area contributed by atoms with Gasteiger partial charge in [-0.05, 0) is 70.3 Å². The van der Waals surface area contributed by atoms with E-state index in [-0.39, 0.29) is 6.09 Å². The molecule has 7 nitrogen and oxygen atoms in total. The van der Waals surface area contributed by atoms with Crippen molar-refractivity contribution in [2.75, 3.05) is 33.8 Å². The van der Waals surface area contributed by atoms with E-state index in [1.54, 1.807) is 18.3 Å². The number of aromatic nitrogens is 1. The molecular formula is C23H33N3O4. The van der Waals surface area contributed by atoms with Gasteiger partial charge in [0, 0.05) is 32.2 Å².